The van der Waals surface area contributed by atoms with Crippen LogP contribution in [0.4, 0.5) is 0 Å². The smallest absolute Gasteiger partial charge is 0.135 e. The molecule has 2 heteroatoms. The number of hydrogen-bond donors (Lipinski definition) is 0. The minimum atomic E-state index is -0.351. The average Bonchev–Trinajstić information content (AvgIpc) is 1.59. The van der Waals surface area contributed by atoms with Crippen LogP contribution in [0.2, 0.25) is 0 Å². The highest BCUT2D eigenvalue weighted by atomic mass is 16.3. The molecular weight excluding hydrogens is 1270 g/mol. The largest absolute Gasteiger partial charge is 0.456 e. The summed E-state index contributed by atoms with van der Waals surface area (Å²) in [5, 5.41) is 15.8. The maximum Gasteiger partial charge on any atom is 0.135 e. The van der Waals surface area contributed by atoms with Crippen LogP contribution in [0.3, 0.4) is 0 Å². The third-order valence-electron chi connectivity index (χ3n) is 24.1. The Morgan fingerprint density at radius 2 is 0.771 bits per heavy atom. The molecule has 0 amide bonds. The maximum atomic E-state index is 6.50. The predicted octanol–water partition coefficient (Wildman–Crippen LogP) is 28.6. The molecule has 2 nitrogen and oxygen atoms in total. The molecule has 0 bridgehead atoms. The van der Waals surface area contributed by atoms with Crippen LogP contribution in [0.25, 0.3) is 187 Å². The Balaban J connectivity index is 0.770. The lowest BCUT2D eigenvalue weighted by atomic mass is 9.79. The van der Waals surface area contributed by atoms with Gasteiger partial charge in [-0.05, 0) is 268 Å². The van der Waals surface area contributed by atoms with Gasteiger partial charge in [0.15, 0.2) is 0 Å². The number of hydrogen-bond acceptors (Lipinski definition) is 2. The number of fused-ring (bicyclic) bond motifs is 17. The third kappa shape index (κ3) is 9.09. The summed E-state index contributed by atoms with van der Waals surface area (Å²) in [6, 6.07) is 110. The van der Waals surface area contributed by atoms with Gasteiger partial charge in [0, 0.05) is 32.6 Å². The molecule has 0 saturated heterocycles. The van der Waals surface area contributed by atoms with Crippen LogP contribution in [0.5, 0.6) is 0 Å². The predicted molar refractivity (Wildman–Crippen MR) is 444 cm³/mol. The second-order valence-electron chi connectivity index (χ2n) is 30.4. The van der Waals surface area contributed by atoms with E-state index in [0.29, 0.717) is 0 Å². The van der Waals surface area contributed by atoms with Gasteiger partial charge in [0.2, 0.25) is 0 Å². The first-order valence-corrected chi connectivity index (χ1v) is 37.0. The van der Waals surface area contributed by atoms with Gasteiger partial charge < -0.3 is 8.83 Å². The highest BCUT2D eigenvalue weighted by molar-refractivity contribution is 6.25. The Hall–Kier alpha value is -12.6. The van der Waals surface area contributed by atoms with Crippen molar-refractivity contribution in [2.75, 3.05) is 0 Å². The number of allylic oxidation sites excluding steroid dienone is 3. The Labute approximate surface area is 610 Å². The molecule has 18 aromatic rings. The highest BCUT2D eigenvalue weighted by Crippen LogP contribution is 2.57. The van der Waals surface area contributed by atoms with E-state index < -0.39 is 0 Å². The molecule has 105 heavy (non-hydrogen) atoms. The third-order valence-corrected chi connectivity index (χ3v) is 24.1. The molecule has 16 aromatic carbocycles. The van der Waals surface area contributed by atoms with Gasteiger partial charge in [-0.3, -0.25) is 0 Å². The van der Waals surface area contributed by atoms with Gasteiger partial charge in [0.1, 0.15) is 22.5 Å². The molecule has 0 unspecified atom stereocenters. The van der Waals surface area contributed by atoms with Crippen LogP contribution < -0.4 is 0 Å². The van der Waals surface area contributed by atoms with E-state index in [1.54, 1.807) is 0 Å². The molecular formula is C103H72O2. The van der Waals surface area contributed by atoms with Crippen LogP contribution in [0.1, 0.15) is 78.8 Å². The topological polar surface area (TPSA) is 26.3 Å². The summed E-state index contributed by atoms with van der Waals surface area (Å²) in [6.07, 6.45) is 8.53. The summed E-state index contributed by atoms with van der Waals surface area (Å²) in [5.41, 5.74) is 33.0. The SMILES string of the molecule is C=CC1=C(c2cc3c(cc2C)oc2ccccc23)c2ccc(-c3c4ccccc4c(-c4ccc(-c5ccccc5)cc4)c4cc(-c5ccc6c(-c7ccc8c(c7)C(C)(C)c7ccc9c(ccc%10oc%11c(c%109)CCC=C%11)c7-8)c7ccccc7c(-c7ccc(-c8ccccc8)cc7)c6c5)ccc34)cc2C1(C)C. The van der Waals surface area contributed by atoms with Gasteiger partial charge in [0.05, 0.1) is 0 Å². The monoisotopic (exact) mass is 1340 g/mol. The van der Waals surface area contributed by atoms with Gasteiger partial charge in [0.25, 0.3) is 0 Å². The minimum Gasteiger partial charge on any atom is -0.456 e. The Morgan fingerprint density at radius 1 is 0.314 bits per heavy atom. The van der Waals surface area contributed by atoms with Crippen molar-refractivity contribution in [2.24, 2.45) is 0 Å². The number of rotatable bonds is 9. The molecule has 2 heterocycles. The van der Waals surface area contributed by atoms with E-state index in [-0.39, 0.29) is 10.8 Å². The molecule has 21 rings (SSSR count). The fourth-order valence-electron chi connectivity index (χ4n) is 19.0. The second kappa shape index (κ2) is 22.9. The number of furan rings is 2. The van der Waals surface area contributed by atoms with Crippen LogP contribution in [-0.2, 0) is 17.3 Å². The van der Waals surface area contributed by atoms with Crippen molar-refractivity contribution < 1.29 is 8.83 Å². The van der Waals surface area contributed by atoms with E-state index in [1.807, 2.05) is 6.07 Å². The standard InChI is InChI=1S/C103H72O2/c1-7-87-100(83-59-84-71-26-18-20-32-91(71)105-94(84)54-60(83)2)81-49-45-69(57-89(81)102(87,3)4)97-74-29-16-14-27-72(74)95(65-38-34-63(35-39-65)61-22-10-8-11-23-61)85-55-67(42-46-78(85)97)68-43-47-79-86(56-68)96(66-40-36-64(37-41-66)62-24-12-9-13-25-62)73-28-15-17-30-75(73)98(79)70-44-48-80-90(58-70)103(5,6)88-52-50-77-76(99(80)88)51-53-93-101(77)82-31-19-21-33-92(82)104-93/h7-18,20-30,32-59H,1,19,31H2,2-6H3. The molecule has 3 aliphatic carbocycles. The van der Waals surface area contributed by atoms with Gasteiger partial charge in [-0.2, -0.15) is 0 Å². The minimum absolute atomic E-state index is 0.259. The molecule has 3 aliphatic rings. The Morgan fingerprint density at radius 3 is 1.35 bits per heavy atom. The first-order chi connectivity index (χ1) is 51.4. The zero-order chi connectivity index (χ0) is 70.1. The van der Waals surface area contributed by atoms with Crippen molar-refractivity contribution in [1.29, 1.82) is 0 Å². The van der Waals surface area contributed by atoms with Gasteiger partial charge >= 0.3 is 0 Å². The molecule has 0 aliphatic heterocycles. The van der Waals surface area contributed by atoms with Gasteiger partial charge in [-0.15, -0.1) is 0 Å². The first-order valence-electron chi connectivity index (χ1n) is 37.0. The van der Waals surface area contributed by atoms with Gasteiger partial charge in [-0.1, -0.05) is 283 Å². The second-order valence-corrected chi connectivity index (χ2v) is 30.4. The molecule has 2 aromatic heterocycles. The molecule has 0 atom stereocenters. The number of para-hydroxylation sites is 1. The molecule has 0 radical (unpaired) electrons. The summed E-state index contributed by atoms with van der Waals surface area (Å²) >= 11 is 0. The summed E-state index contributed by atoms with van der Waals surface area (Å²) in [4.78, 5) is 0. The van der Waals surface area contributed by atoms with Crippen molar-refractivity contribution in [2.45, 2.75) is 58.3 Å². The molecule has 0 N–H and O–H groups in total. The van der Waals surface area contributed by atoms with E-state index in [2.05, 4.69) is 345 Å². The fraction of sp³-hybridized carbons (Fsp3) is 0.0874. The van der Waals surface area contributed by atoms with Crippen molar-refractivity contribution in [3.05, 3.63) is 360 Å². The van der Waals surface area contributed by atoms with Crippen molar-refractivity contribution in [3.8, 4) is 89.0 Å². The normalized spacial score (nSPS) is 14.2. The Kier molecular flexibility index (Phi) is 13.3. The van der Waals surface area contributed by atoms with Crippen LogP contribution in [0, 0.1) is 6.92 Å². The van der Waals surface area contributed by atoms with Crippen LogP contribution in [0.15, 0.2) is 324 Å². The Bertz CT molecular complexity index is 6860. The number of aryl methyl sites for hydroxylation is 2. The summed E-state index contributed by atoms with van der Waals surface area (Å²) in [7, 11) is 0. The zero-order valence-corrected chi connectivity index (χ0v) is 59.4. The summed E-state index contributed by atoms with van der Waals surface area (Å²) in [5.74, 6) is 1.00. The first kappa shape index (κ1) is 61.1. The van der Waals surface area contributed by atoms with Crippen molar-refractivity contribution in [3.63, 3.8) is 0 Å². The molecule has 496 valence electrons. The molecule has 0 spiro atoms. The number of benzene rings is 16. The van der Waals surface area contributed by atoms with Gasteiger partial charge in [-0.25, -0.2) is 0 Å². The van der Waals surface area contributed by atoms with E-state index >= 15 is 0 Å². The van der Waals surface area contributed by atoms with Crippen LogP contribution in [-0.4, -0.2) is 0 Å². The van der Waals surface area contributed by atoms with Crippen molar-refractivity contribution >= 4 is 98.4 Å². The van der Waals surface area contributed by atoms with E-state index in [4.69, 9.17) is 8.83 Å². The maximum absolute atomic E-state index is 6.50. The molecule has 0 saturated carbocycles. The fourth-order valence-corrected chi connectivity index (χ4v) is 19.0. The summed E-state index contributed by atoms with van der Waals surface area (Å²) < 4.78 is 12.9. The quantitative estimate of drug-likeness (QED) is 0.135. The van der Waals surface area contributed by atoms with E-state index in [9.17, 15) is 0 Å². The zero-order valence-electron chi connectivity index (χ0n) is 59.4. The van der Waals surface area contributed by atoms with Crippen LogP contribution >= 0.6 is 0 Å². The average molecular weight is 1340 g/mol. The molecule has 0 fully saturated rings. The highest BCUT2D eigenvalue weighted by Gasteiger charge is 2.40. The summed E-state index contributed by atoms with van der Waals surface area (Å²) in [6.45, 7) is 16.3. The van der Waals surface area contributed by atoms with E-state index in [1.165, 1.54) is 187 Å². The lowest BCUT2D eigenvalue weighted by Gasteiger charge is -2.24. The lowest BCUT2D eigenvalue weighted by Crippen LogP contribution is -2.16. The van der Waals surface area contributed by atoms with E-state index in [0.717, 1.165) is 57.3 Å². The lowest BCUT2D eigenvalue weighted by molar-refractivity contribution is 0.595. The van der Waals surface area contributed by atoms with Crippen molar-refractivity contribution in [1.82, 2.24) is 0 Å².